The van der Waals surface area contributed by atoms with Crippen LogP contribution in [0.2, 0.25) is 0 Å². The van der Waals surface area contributed by atoms with Gasteiger partial charge in [0.1, 0.15) is 23.3 Å². The zero-order valence-electron chi connectivity index (χ0n) is 11.0. The minimum absolute atomic E-state index is 0.176. The molecule has 4 N–H and O–H groups in total. The smallest absolute Gasteiger partial charge is 0.320 e. The number of aromatic hydroxyl groups is 1. The van der Waals surface area contributed by atoms with E-state index in [9.17, 15) is 9.90 Å². The Kier molecular flexibility index (Phi) is 5.03. The lowest BCUT2D eigenvalue weighted by Crippen LogP contribution is -2.32. The van der Waals surface area contributed by atoms with Gasteiger partial charge in [-0.15, -0.1) is 0 Å². The molecule has 1 atom stereocenters. The molecular formula is C15H14INO4. The average Bonchev–Trinajstić information content (AvgIpc) is 2.44. The fourth-order valence-electron chi connectivity index (χ4n) is 1.74. The van der Waals surface area contributed by atoms with E-state index in [-0.39, 0.29) is 12.2 Å². The van der Waals surface area contributed by atoms with Gasteiger partial charge in [0.2, 0.25) is 0 Å². The molecule has 0 spiro atoms. The molecule has 0 amide bonds. The van der Waals surface area contributed by atoms with Crippen LogP contribution in [0.1, 0.15) is 5.56 Å². The van der Waals surface area contributed by atoms with E-state index in [4.69, 9.17) is 15.6 Å². The van der Waals surface area contributed by atoms with Crippen LogP contribution in [0.4, 0.5) is 0 Å². The highest BCUT2D eigenvalue weighted by Gasteiger charge is 2.13. The molecule has 0 heterocycles. The summed E-state index contributed by atoms with van der Waals surface area (Å²) in [6.07, 6.45) is 0.269. The predicted molar refractivity (Wildman–Crippen MR) is 86.7 cm³/mol. The van der Waals surface area contributed by atoms with E-state index < -0.39 is 12.0 Å². The second kappa shape index (κ2) is 6.77. The molecule has 6 heteroatoms. The molecule has 110 valence electrons. The highest BCUT2D eigenvalue weighted by atomic mass is 127. The van der Waals surface area contributed by atoms with E-state index in [0.29, 0.717) is 11.5 Å². The van der Waals surface area contributed by atoms with Gasteiger partial charge < -0.3 is 20.7 Å². The third kappa shape index (κ3) is 4.33. The van der Waals surface area contributed by atoms with E-state index >= 15 is 0 Å². The number of carboxylic acids is 1. The SMILES string of the molecule is N[C@@H](Cc1ccc(Oc2ccc(O)cc2)c(I)c1)C(=O)O. The Bertz CT molecular complexity index is 643. The number of hydrogen-bond donors (Lipinski definition) is 3. The third-order valence-electron chi connectivity index (χ3n) is 2.83. The summed E-state index contributed by atoms with van der Waals surface area (Å²) in [5, 5.41) is 18.0. The first kappa shape index (κ1) is 15.6. The van der Waals surface area contributed by atoms with Crippen molar-refractivity contribution in [2.24, 2.45) is 5.73 Å². The zero-order chi connectivity index (χ0) is 15.4. The van der Waals surface area contributed by atoms with E-state index in [1.807, 2.05) is 6.07 Å². The van der Waals surface area contributed by atoms with Gasteiger partial charge in [-0.25, -0.2) is 0 Å². The number of hydrogen-bond acceptors (Lipinski definition) is 4. The van der Waals surface area contributed by atoms with Crippen molar-refractivity contribution in [2.45, 2.75) is 12.5 Å². The molecule has 0 saturated carbocycles. The van der Waals surface area contributed by atoms with Crippen LogP contribution in [0.5, 0.6) is 17.2 Å². The molecule has 0 saturated heterocycles. The van der Waals surface area contributed by atoms with Crippen molar-refractivity contribution in [1.29, 1.82) is 0 Å². The molecular weight excluding hydrogens is 385 g/mol. The Morgan fingerprint density at radius 1 is 1.24 bits per heavy atom. The fourth-order valence-corrected chi connectivity index (χ4v) is 2.43. The Balaban J connectivity index is 2.12. The number of rotatable bonds is 5. The molecule has 0 radical (unpaired) electrons. The topological polar surface area (TPSA) is 92.8 Å². The summed E-state index contributed by atoms with van der Waals surface area (Å²) in [7, 11) is 0. The molecule has 2 rings (SSSR count). The Labute approximate surface area is 135 Å². The highest BCUT2D eigenvalue weighted by Crippen LogP contribution is 2.28. The van der Waals surface area contributed by atoms with Crippen molar-refractivity contribution in [1.82, 2.24) is 0 Å². The summed E-state index contributed by atoms with van der Waals surface area (Å²) < 4.78 is 6.56. The minimum atomic E-state index is -1.02. The van der Waals surface area contributed by atoms with Crippen LogP contribution in [0.15, 0.2) is 42.5 Å². The van der Waals surface area contributed by atoms with Gasteiger partial charge in [-0.05, 0) is 71.0 Å². The van der Waals surface area contributed by atoms with Gasteiger partial charge in [0.15, 0.2) is 0 Å². The summed E-state index contributed by atoms with van der Waals surface area (Å²) in [5.74, 6) is 0.430. The lowest BCUT2D eigenvalue weighted by Gasteiger charge is -2.11. The summed E-state index contributed by atoms with van der Waals surface area (Å²) in [4.78, 5) is 10.8. The second-order valence-corrected chi connectivity index (χ2v) is 5.67. The van der Waals surface area contributed by atoms with Gasteiger partial charge in [-0.3, -0.25) is 4.79 Å². The van der Waals surface area contributed by atoms with E-state index in [1.165, 1.54) is 0 Å². The van der Waals surface area contributed by atoms with Gasteiger partial charge in [-0.2, -0.15) is 0 Å². The summed E-state index contributed by atoms with van der Waals surface area (Å²) in [6.45, 7) is 0. The maximum Gasteiger partial charge on any atom is 0.320 e. The Hall–Kier alpha value is -1.80. The van der Waals surface area contributed by atoms with Crippen LogP contribution in [0.25, 0.3) is 0 Å². The fraction of sp³-hybridized carbons (Fsp3) is 0.133. The number of phenols is 1. The molecule has 0 fully saturated rings. The van der Waals surface area contributed by atoms with Crippen LogP contribution < -0.4 is 10.5 Å². The van der Waals surface area contributed by atoms with Gasteiger partial charge in [-0.1, -0.05) is 6.07 Å². The standard InChI is InChI=1S/C15H14INO4/c16-12-7-9(8-13(17)15(19)20)1-6-14(12)21-11-4-2-10(18)3-5-11/h1-7,13,18H,8,17H2,(H,19,20)/t13-/m0/s1. The van der Waals surface area contributed by atoms with Crippen molar-refractivity contribution < 1.29 is 19.7 Å². The number of phenolic OH excluding ortho intramolecular Hbond substituents is 1. The maximum atomic E-state index is 10.8. The van der Waals surface area contributed by atoms with Crippen molar-refractivity contribution in [2.75, 3.05) is 0 Å². The number of aliphatic carboxylic acids is 1. The molecule has 2 aromatic carbocycles. The molecule has 0 bridgehead atoms. The van der Waals surface area contributed by atoms with Gasteiger partial charge in [0.05, 0.1) is 3.57 Å². The van der Waals surface area contributed by atoms with E-state index in [0.717, 1.165) is 9.13 Å². The quantitative estimate of drug-likeness (QED) is 0.673. The van der Waals surface area contributed by atoms with Crippen LogP contribution in [-0.2, 0) is 11.2 Å². The third-order valence-corrected chi connectivity index (χ3v) is 3.68. The van der Waals surface area contributed by atoms with E-state index in [2.05, 4.69) is 22.6 Å². The highest BCUT2D eigenvalue weighted by molar-refractivity contribution is 14.1. The lowest BCUT2D eigenvalue weighted by molar-refractivity contribution is -0.138. The summed E-state index contributed by atoms with van der Waals surface area (Å²) >= 11 is 2.12. The molecule has 0 aliphatic heterocycles. The molecule has 0 aliphatic carbocycles. The molecule has 2 aromatic rings. The largest absolute Gasteiger partial charge is 0.508 e. The summed E-state index contributed by atoms with van der Waals surface area (Å²) in [5.41, 5.74) is 6.36. The Morgan fingerprint density at radius 2 is 1.90 bits per heavy atom. The first-order chi connectivity index (χ1) is 9.95. The van der Waals surface area contributed by atoms with Gasteiger partial charge >= 0.3 is 5.97 Å². The van der Waals surface area contributed by atoms with Crippen molar-refractivity contribution >= 4 is 28.6 Å². The molecule has 21 heavy (non-hydrogen) atoms. The molecule has 0 unspecified atom stereocenters. The number of benzene rings is 2. The first-order valence-electron chi connectivity index (χ1n) is 6.19. The number of carboxylic acid groups (broad SMARTS) is 1. The van der Waals surface area contributed by atoms with Crippen molar-refractivity contribution in [3.05, 3.63) is 51.6 Å². The van der Waals surface area contributed by atoms with Gasteiger partial charge in [0.25, 0.3) is 0 Å². The van der Waals surface area contributed by atoms with E-state index in [1.54, 1.807) is 36.4 Å². The average molecular weight is 399 g/mol. The number of ether oxygens (including phenoxy) is 1. The number of halogens is 1. The Morgan fingerprint density at radius 3 is 2.48 bits per heavy atom. The van der Waals surface area contributed by atoms with Crippen molar-refractivity contribution in [3.63, 3.8) is 0 Å². The second-order valence-electron chi connectivity index (χ2n) is 4.51. The zero-order valence-corrected chi connectivity index (χ0v) is 13.1. The van der Waals surface area contributed by atoms with Crippen LogP contribution in [-0.4, -0.2) is 22.2 Å². The van der Waals surface area contributed by atoms with Crippen molar-refractivity contribution in [3.8, 4) is 17.2 Å². The molecule has 5 nitrogen and oxygen atoms in total. The number of carbonyl (C=O) groups is 1. The lowest BCUT2D eigenvalue weighted by atomic mass is 10.1. The van der Waals surface area contributed by atoms with Crippen LogP contribution >= 0.6 is 22.6 Å². The minimum Gasteiger partial charge on any atom is -0.508 e. The monoisotopic (exact) mass is 399 g/mol. The van der Waals surface area contributed by atoms with Gasteiger partial charge in [0, 0.05) is 0 Å². The summed E-state index contributed by atoms with van der Waals surface area (Å²) in [6, 6.07) is 10.9. The maximum absolute atomic E-state index is 10.8. The first-order valence-corrected chi connectivity index (χ1v) is 7.27. The predicted octanol–water partition coefficient (Wildman–Crippen LogP) is 2.74. The molecule has 0 aliphatic rings. The molecule has 0 aromatic heterocycles. The number of nitrogens with two attached hydrogens (primary N) is 1. The van der Waals surface area contributed by atoms with Crippen LogP contribution in [0.3, 0.4) is 0 Å². The normalized spacial score (nSPS) is 11.9. The van der Waals surface area contributed by atoms with Crippen LogP contribution in [0, 0.1) is 3.57 Å².